The molecule has 4 aromatic rings. The maximum absolute atomic E-state index is 14.2. The van der Waals surface area contributed by atoms with E-state index in [4.69, 9.17) is 22.1 Å². The van der Waals surface area contributed by atoms with Crippen LogP contribution in [0.1, 0.15) is 28.6 Å². The summed E-state index contributed by atoms with van der Waals surface area (Å²) in [5.41, 5.74) is 7.32. The van der Waals surface area contributed by atoms with Crippen LogP contribution in [-0.2, 0) is 25.5 Å². The third-order valence-electron chi connectivity index (χ3n) is 7.09. The number of nitrogens with two attached hydrogens (primary N) is 1. The van der Waals surface area contributed by atoms with E-state index in [1.54, 1.807) is 0 Å². The van der Waals surface area contributed by atoms with E-state index in [1.165, 1.54) is 39.8 Å². The number of amides is 2. The van der Waals surface area contributed by atoms with E-state index in [1.807, 2.05) is 66.0 Å². The molecule has 0 aliphatic carbocycles. The summed E-state index contributed by atoms with van der Waals surface area (Å²) in [5.74, 6) is -1.86. The van der Waals surface area contributed by atoms with Crippen LogP contribution >= 0.6 is 57.8 Å². The van der Waals surface area contributed by atoms with Crippen molar-refractivity contribution >= 4 is 86.4 Å². The lowest BCUT2D eigenvalue weighted by Gasteiger charge is -2.49. The number of oxime groups is 1. The molecule has 1 fully saturated rings. The lowest BCUT2D eigenvalue weighted by Crippen LogP contribution is -2.71. The second-order valence-corrected chi connectivity index (χ2v) is 15.0. The first-order valence-corrected chi connectivity index (χ1v) is 17.9. The molecule has 0 bridgehead atoms. The van der Waals surface area contributed by atoms with Crippen LogP contribution in [0.2, 0.25) is 4.34 Å². The average molecular weight is 729 g/mol. The lowest BCUT2D eigenvalue weighted by atomic mass is 10.0. The zero-order chi connectivity index (χ0) is 33.1. The van der Waals surface area contributed by atoms with Crippen LogP contribution in [0.3, 0.4) is 0 Å². The molecule has 12 nitrogen and oxygen atoms in total. The summed E-state index contributed by atoms with van der Waals surface area (Å²) in [6.07, 6.45) is -0.375. The standard InChI is InChI=1S/C30H25ClN6O6S4/c31-24-19(35-29(32)47-24)20(36-42)25(39)34-21-26(40)37-22(18(14-44-27(21)37)46-30-33-17(11-12-38)13-45-30)28(41)43-23(15-7-3-1-4-8-15)16-9-5-2-6-10-16/h1-10,13,21,23,27,38,42H,11-12,14H2,(H2,32,35)(H,34,39)/b36-20-/t21-,27-/m1/s1. The minimum atomic E-state index is -1.05. The summed E-state index contributed by atoms with van der Waals surface area (Å²) in [5, 5.41) is 25.8. The number of rotatable bonds is 11. The number of hydrogen-bond donors (Lipinski definition) is 4. The molecule has 2 atom stereocenters. The maximum Gasteiger partial charge on any atom is 0.356 e. The van der Waals surface area contributed by atoms with E-state index in [0.717, 1.165) is 22.5 Å². The first-order chi connectivity index (χ1) is 22.8. The van der Waals surface area contributed by atoms with Gasteiger partial charge in [0.25, 0.3) is 11.8 Å². The van der Waals surface area contributed by atoms with E-state index >= 15 is 0 Å². The molecule has 0 spiro atoms. The van der Waals surface area contributed by atoms with E-state index in [0.29, 0.717) is 27.1 Å². The quantitative estimate of drug-likeness (QED) is 0.0569. The van der Waals surface area contributed by atoms with Gasteiger partial charge >= 0.3 is 5.97 Å². The predicted octanol–water partition coefficient (Wildman–Crippen LogP) is 4.28. The van der Waals surface area contributed by atoms with Crippen LogP contribution in [0.5, 0.6) is 0 Å². The van der Waals surface area contributed by atoms with Crippen LogP contribution in [0.25, 0.3) is 0 Å². The molecule has 47 heavy (non-hydrogen) atoms. The van der Waals surface area contributed by atoms with Crippen LogP contribution in [0.4, 0.5) is 5.13 Å². The van der Waals surface area contributed by atoms with Crippen molar-refractivity contribution < 1.29 is 29.4 Å². The minimum absolute atomic E-state index is 0.0457. The van der Waals surface area contributed by atoms with Crippen LogP contribution in [0.15, 0.2) is 86.1 Å². The monoisotopic (exact) mass is 728 g/mol. The van der Waals surface area contributed by atoms with Crippen molar-refractivity contribution in [1.82, 2.24) is 20.2 Å². The van der Waals surface area contributed by atoms with Gasteiger partial charge in [0, 0.05) is 29.1 Å². The Morgan fingerprint density at radius 3 is 2.43 bits per heavy atom. The Kier molecular flexibility index (Phi) is 10.1. The summed E-state index contributed by atoms with van der Waals surface area (Å²) >= 11 is 11.0. The number of hydrogen-bond acceptors (Lipinski definition) is 14. The fourth-order valence-corrected chi connectivity index (χ4v) is 9.38. The number of thioether (sulfide) groups is 2. The molecule has 2 aliphatic rings. The average Bonchev–Trinajstić information content (AvgIpc) is 3.67. The number of β-lactam (4-membered cyclic amide) rings is 1. The number of nitrogens with one attached hydrogen (secondary N) is 1. The predicted molar refractivity (Wildman–Crippen MR) is 181 cm³/mol. The molecule has 2 aliphatic heterocycles. The molecule has 0 saturated carbocycles. The Morgan fingerprint density at radius 1 is 1.15 bits per heavy atom. The molecule has 0 unspecified atom stereocenters. The highest BCUT2D eigenvalue weighted by atomic mass is 35.5. The zero-order valence-corrected chi connectivity index (χ0v) is 28.1. The van der Waals surface area contributed by atoms with Crippen LogP contribution in [0, 0.1) is 0 Å². The van der Waals surface area contributed by atoms with Gasteiger partial charge in [0.15, 0.2) is 21.3 Å². The van der Waals surface area contributed by atoms with Gasteiger partial charge in [-0.05, 0) is 11.1 Å². The van der Waals surface area contributed by atoms with Crippen molar-refractivity contribution in [3.8, 4) is 0 Å². The van der Waals surface area contributed by atoms with Crippen LogP contribution in [-0.4, -0.2) is 72.5 Å². The van der Waals surface area contributed by atoms with Gasteiger partial charge in [0.05, 0.1) is 5.69 Å². The normalized spacial score (nSPS) is 17.8. The third kappa shape index (κ3) is 6.88. The summed E-state index contributed by atoms with van der Waals surface area (Å²) in [6.45, 7) is -0.0494. The highest BCUT2D eigenvalue weighted by Crippen LogP contribution is 2.46. The number of halogens is 1. The molecule has 0 radical (unpaired) electrons. The smallest absolute Gasteiger partial charge is 0.356 e. The SMILES string of the molecule is Nc1nc(/C(=N/O)C(=O)N[C@@H]2C(=O)N3C(C(=O)OC(c4ccccc4)c4ccccc4)=C(Sc4nc(CCO)cs4)CS[C@H]23)c(Cl)s1. The molecule has 2 amide bonds. The highest BCUT2D eigenvalue weighted by molar-refractivity contribution is 8.07. The van der Waals surface area contributed by atoms with E-state index in [9.17, 15) is 24.7 Å². The van der Waals surface area contributed by atoms with Crippen molar-refractivity contribution in [2.75, 3.05) is 18.1 Å². The zero-order valence-electron chi connectivity index (χ0n) is 24.1. The number of benzene rings is 2. The third-order valence-corrected chi connectivity index (χ3v) is 11.7. The van der Waals surface area contributed by atoms with Gasteiger partial charge in [-0.2, -0.15) is 0 Å². The molecular weight excluding hydrogens is 704 g/mol. The maximum atomic E-state index is 14.2. The van der Waals surface area contributed by atoms with Crippen molar-refractivity contribution in [3.63, 3.8) is 0 Å². The fourth-order valence-electron chi connectivity index (χ4n) is 4.95. The van der Waals surface area contributed by atoms with Gasteiger partial charge in [-0.15, -0.1) is 23.1 Å². The Labute approximate surface area is 289 Å². The lowest BCUT2D eigenvalue weighted by molar-refractivity contribution is -0.154. The van der Waals surface area contributed by atoms with Gasteiger partial charge in [-0.25, -0.2) is 14.8 Å². The highest BCUT2D eigenvalue weighted by Gasteiger charge is 2.55. The number of anilines is 1. The fraction of sp³-hybridized carbons (Fsp3) is 0.200. The van der Waals surface area contributed by atoms with Crippen LogP contribution < -0.4 is 11.1 Å². The van der Waals surface area contributed by atoms with Gasteiger partial charge < -0.3 is 26.1 Å². The van der Waals surface area contributed by atoms with Crippen molar-refractivity contribution in [2.24, 2.45) is 5.16 Å². The number of aliphatic hydroxyl groups excluding tert-OH is 1. The topological polar surface area (TPSA) is 180 Å². The summed E-state index contributed by atoms with van der Waals surface area (Å²) < 4.78 is 6.87. The molecule has 242 valence electrons. The molecule has 6 rings (SSSR count). The van der Waals surface area contributed by atoms with E-state index in [2.05, 4.69) is 20.4 Å². The molecule has 17 heteroatoms. The Bertz CT molecular complexity index is 1830. The first-order valence-electron chi connectivity index (χ1n) is 14.0. The number of ether oxygens (including phenoxy) is 1. The van der Waals surface area contributed by atoms with E-state index in [-0.39, 0.29) is 27.5 Å². The van der Waals surface area contributed by atoms with Gasteiger partial charge in [0.1, 0.15) is 27.1 Å². The number of fused-ring (bicyclic) bond motifs is 1. The van der Waals surface area contributed by atoms with Crippen molar-refractivity contribution in [3.05, 3.63) is 103 Å². The van der Waals surface area contributed by atoms with Crippen molar-refractivity contribution in [1.29, 1.82) is 0 Å². The molecule has 2 aromatic carbocycles. The first kappa shape index (κ1) is 33.0. The molecular formula is C30H25ClN6O6S4. The number of aliphatic hydroxyl groups is 1. The van der Waals surface area contributed by atoms with E-state index < -0.39 is 41.0 Å². The number of thiazole rings is 2. The van der Waals surface area contributed by atoms with Gasteiger partial charge in [-0.1, -0.05) is 101 Å². The summed E-state index contributed by atoms with van der Waals surface area (Å²) in [7, 11) is 0. The molecule has 5 N–H and O–H groups in total. The summed E-state index contributed by atoms with van der Waals surface area (Å²) in [6, 6.07) is 17.5. The van der Waals surface area contributed by atoms with Gasteiger partial charge in [-0.3, -0.25) is 14.5 Å². The number of carbonyl (C=O) groups is 3. The molecule has 2 aromatic heterocycles. The Hall–Kier alpha value is -3.93. The molecule has 4 heterocycles. The Morgan fingerprint density at radius 2 is 1.83 bits per heavy atom. The summed E-state index contributed by atoms with van der Waals surface area (Å²) in [4.78, 5) is 51.4. The number of aromatic nitrogens is 2. The second-order valence-electron chi connectivity index (χ2n) is 10.0. The largest absolute Gasteiger partial charge is 0.448 e. The number of nitrogens with zero attached hydrogens (tertiary/aromatic N) is 4. The number of nitrogen functional groups attached to an aromatic ring is 1. The Balaban J connectivity index is 1.30. The molecule has 1 saturated heterocycles. The second kappa shape index (κ2) is 14.5. The number of esters is 1. The minimum Gasteiger partial charge on any atom is -0.448 e. The number of carbonyl (C=O) groups excluding carboxylic acids is 3. The van der Waals surface area contributed by atoms with Gasteiger partial charge in [0.2, 0.25) is 0 Å². The van der Waals surface area contributed by atoms with Crippen molar-refractivity contribution in [2.45, 2.75) is 28.3 Å².